The molecule has 1 heterocycles. The highest BCUT2D eigenvalue weighted by Gasteiger charge is 2.33. The Bertz CT molecular complexity index is 806. The highest BCUT2D eigenvalue weighted by atomic mass is 16.5. The molecule has 2 rings (SSSR count). The van der Waals surface area contributed by atoms with E-state index in [0.717, 1.165) is 4.57 Å². The normalized spacial score (nSPS) is 10.7. The van der Waals surface area contributed by atoms with Gasteiger partial charge in [-0.1, -0.05) is 0 Å². The molecule has 0 bridgehead atoms. The zero-order valence-corrected chi connectivity index (χ0v) is 15.0. The van der Waals surface area contributed by atoms with Crippen LogP contribution >= 0.6 is 0 Å². The fourth-order valence-corrected chi connectivity index (χ4v) is 2.38. The number of esters is 2. The Morgan fingerprint density at radius 3 is 2.04 bits per heavy atom. The van der Waals surface area contributed by atoms with Gasteiger partial charge in [0, 0.05) is 5.69 Å². The van der Waals surface area contributed by atoms with Gasteiger partial charge in [-0.3, -0.25) is 4.57 Å². The molecular weight excluding hydrogens is 342 g/mol. The van der Waals surface area contributed by atoms with Crippen molar-refractivity contribution in [3.05, 3.63) is 35.7 Å². The van der Waals surface area contributed by atoms with Gasteiger partial charge in [0.15, 0.2) is 22.9 Å². The smallest absolute Gasteiger partial charge is 0.359 e. The Labute approximate surface area is 150 Å². The molecule has 8 nitrogen and oxygen atoms in total. The average Bonchev–Trinajstić information content (AvgIpc) is 2.86. The monoisotopic (exact) mass is 363 g/mol. The topological polar surface area (TPSA) is 107 Å². The van der Waals surface area contributed by atoms with Gasteiger partial charge >= 0.3 is 11.9 Å². The van der Waals surface area contributed by atoms with Crippen molar-refractivity contribution < 1.29 is 34.0 Å². The van der Waals surface area contributed by atoms with E-state index in [1.807, 2.05) is 0 Å². The summed E-state index contributed by atoms with van der Waals surface area (Å²) in [7, 11) is 1.50. The van der Waals surface area contributed by atoms with E-state index in [4.69, 9.17) is 14.2 Å². The van der Waals surface area contributed by atoms with Crippen molar-refractivity contribution in [2.45, 2.75) is 26.9 Å². The molecule has 8 heteroatoms. The molecule has 1 aromatic heterocycles. The van der Waals surface area contributed by atoms with Crippen molar-refractivity contribution in [3.8, 4) is 22.9 Å². The molecule has 26 heavy (non-hydrogen) atoms. The molecule has 0 atom stereocenters. The average molecular weight is 363 g/mol. The van der Waals surface area contributed by atoms with Gasteiger partial charge in [-0.2, -0.15) is 0 Å². The van der Waals surface area contributed by atoms with E-state index < -0.39 is 29.5 Å². The first-order valence-electron chi connectivity index (χ1n) is 8.00. The molecule has 2 aromatic rings. The van der Waals surface area contributed by atoms with Crippen LogP contribution in [-0.4, -0.2) is 46.5 Å². The Balaban J connectivity index is 2.72. The maximum atomic E-state index is 12.4. The van der Waals surface area contributed by atoms with Crippen LogP contribution in [0.1, 0.15) is 41.7 Å². The first-order chi connectivity index (χ1) is 12.3. The van der Waals surface area contributed by atoms with Gasteiger partial charge in [0.1, 0.15) is 5.75 Å². The Kier molecular flexibility index (Phi) is 5.76. The zero-order valence-electron chi connectivity index (χ0n) is 15.0. The first kappa shape index (κ1) is 19.2. The molecule has 0 aliphatic carbocycles. The Hall–Kier alpha value is -3.16. The van der Waals surface area contributed by atoms with Crippen molar-refractivity contribution in [2.75, 3.05) is 13.7 Å². The molecule has 2 N–H and O–H groups in total. The van der Waals surface area contributed by atoms with Gasteiger partial charge in [-0.15, -0.1) is 0 Å². The summed E-state index contributed by atoms with van der Waals surface area (Å²) >= 11 is 0. The SMILES string of the molecule is CCOC(=O)c1c(O)c(O)c(C(=O)OC(C)C)n1-c1ccc(OC)cc1. The maximum Gasteiger partial charge on any atom is 0.359 e. The molecule has 0 radical (unpaired) electrons. The van der Waals surface area contributed by atoms with Crippen LogP contribution in [0.3, 0.4) is 0 Å². The number of benzene rings is 1. The highest BCUT2D eigenvalue weighted by Crippen LogP contribution is 2.39. The largest absolute Gasteiger partial charge is 0.503 e. The lowest BCUT2D eigenvalue weighted by Gasteiger charge is -2.14. The number of aromatic hydroxyl groups is 2. The molecule has 0 aliphatic heterocycles. The number of hydrogen-bond acceptors (Lipinski definition) is 7. The van der Waals surface area contributed by atoms with Gasteiger partial charge < -0.3 is 24.4 Å². The number of aromatic nitrogens is 1. The van der Waals surface area contributed by atoms with Crippen LogP contribution < -0.4 is 4.74 Å². The van der Waals surface area contributed by atoms with E-state index in [-0.39, 0.29) is 18.0 Å². The van der Waals surface area contributed by atoms with Crippen molar-refractivity contribution in [1.82, 2.24) is 4.57 Å². The van der Waals surface area contributed by atoms with Crippen molar-refractivity contribution in [3.63, 3.8) is 0 Å². The van der Waals surface area contributed by atoms with Crippen LogP contribution in [0, 0.1) is 0 Å². The second kappa shape index (κ2) is 7.81. The zero-order chi connectivity index (χ0) is 19.4. The minimum atomic E-state index is -0.890. The van der Waals surface area contributed by atoms with Crippen LogP contribution in [0.25, 0.3) is 5.69 Å². The van der Waals surface area contributed by atoms with Gasteiger partial charge in [-0.25, -0.2) is 9.59 Å². The van der Waals surface area contributed by atoms with Crippen LogP contribution in [0.2, 0.25) is 0 Å². The molecule has 0 amide bonds. The summed E-state index contributed by atoms with van der Waals surface area (Å²) in [6.07, 6.45) is -0.464. The minimum absolute atomic E-state index is 0.0542. The summed E-state index contributed by atoms with van der Waals surface area (Å²) < 4.78 is 16.3. The van der Waals surface area contributed by atoms with Crippen LogP contribution in [0.5, 0.6) is 17.2 Å². The van der Waals surface area contributed by atoms with Crippen LogP contribution in [0.4, 0.5) is 0 Å². The Morgan fingerprint density at radius 1 is 1.04 bits per heavy atom. The second-order valence-corrected chi connectivity index (χ2v) is 5.60. The standard InChI is InChI=1S/C18H21NO7/c1-5-25-17(22)13-15(20)16(21)14(18(23)26-10(2)3)19(13)11-6-8-12(24-4)9-7-11/h6-10,20-21H,5H2,1-4H3. The molecule has 140 valence electrons. The van der Waals surface area contributed by atoms with Gasteiger partial charge in [-0.05, 0) is 45.0 Å². The van der Waals surface area contributed by atoms with E-state index >= 15 is 0 Å². The lowest BCUT2D eigenvalue weighted by molar-refractivity contribution is 0.0364. The molecule has 0 aliphatic rings. The van der Waals surface area contributed by atoms with E-state index in [0.29, 0.717) is 11.4 Å². The maximum absolute atomic E-state index is 12.4. The fraction of sp³-hybridized carbons (Fsp3) is 0.333. The number of carbonyl (C=O) groups is 2. The summed E-state index contributed by atoms with van der Waals surface area (Å²) in [6.45, 7) is 4.94. The van der Waals surface area contributed by atoms with Gasteiger partial charge in [0.25, 0.3) is 0 Å². The Morgan fingerprint density at radius 2 is 1.58 bits per heavy atom. The van der Waals surface area contributed by atoms with Crippen molar-refractivity contribution >= 4 is 11.9 Å². The molecule has 0 saturated heterocycles. The predicted molar refractivity (Wildman–Crippen MR) is 92.2 cm³/mol. The minimum Gasteiger partial charge on any atom is -0.503 e. The fourth-order valence-electron chi connectivity index (χ4n) is 2.38. The number of ether oxygens (including phenoxy) is 3. The number of hydrogen-bond donors (Lipinski definition) is 2. The van der Waals surface area contributed by atoms with E-state index in [2.05, 4.69) is 0 Å². The highest BCUT2D eigenvalue weighted by molar-refractivity contribution is 6.00. The van der Waals surface area contributed by atoms with Crippen LogP contribution in [-0.2, 0) is 9.47 Å². The van der Waals surface area contributed by atoms with Crippen molar-refractivity contribution in [1.29, 1.82) is 0 Å². The lowest BCUT2D eigenvalue weighted by Crippen LogP contribution is -2.18. The third kappa shape index (κ3) is 3.58. The number of methoxy groups -OCH3 is 1. The molecule has 0 unspecified atom stereocenters. The van der Waals surface area contributed by atoms with Gasteiger partial charge in [0.2, 0.25) is 0 Å². The summed E-state index contributed by atoms with van der Waals surface area (Å²) in [4.78, 5) is 24.8. The summed E-state index contributed by atoms with van der Waals surface area (Å²) in [5.41, 5.74) is -0.408. The van der Waals surface area contributed by atoms with Crippen molar-refractivity contribution in [2.24, 2.45) is 0 Å². The van der Waals surface area contributed by atoms with E-state index in [1.165, 1.54) is 7.11 Å². The van der Waals surface area contributed by atoms with E-state index in [1.54, 1.807) is 45.0 Å². The molecule has 0 saturated carbocycles. The lowest BCUT2D eigenvalue weighted by atomic mass is 10.2. The van der Waals surface area contributed by atoms with Crippen LogP contribution in [0.15, 0.2) is 24.3 Å². The third-order valence-electron chi connectivity index (χ3n) is 3.46. The molecule has 0 spiro atoms. The second-order valence-electron chi connectivity index (χ2n) is 5.60. The predicted octanol–water partition coefficient (Wildman–Crippen LogP) is 2.64. The first-order valence-corrected chi connectivity index (χ1v) is 8.00. The third-order valence-corrected chi connectivity index (χ3v) is 3.46. The number of nitrogens with zero attached hydrogens (tertiary/aromatic N) is 1. The van der Waals surface area contributed by atoms with Gasteiger partial charge in [0.05, 0.1) is 19.8 Å². The molecule has 0 fully saturated rings. The van der Waals surface area contributed by atoms with E-state index in [9.17, 15) is 19.8 Å². The molecular formula is C18H21NO7. The summed E-state index contributed by atoms with van der Waals surface area (Å²) in [5.74, 6) is -2.73. The summed E-state index contributed by atoms with van der Waals surface area (Å²) in [5, 5.41) is 20.5. The number of carbonyl (C=O) groups excluding carboxylic acids is 2. The molecule has 1 aromatic carbocycles. The number of rotatable bonds is 6. The summed E-state index contributed by atoms with van der Waals surface area (Å²) in [6, 6.07) is 6.34. The quantitative estimate of drug-likeness (QED) is 0.760.